The first kappa shape index (κ1) is 11.9. The molecule has 1 amide bonds. The molecule has 1 aliphatic heterocycles. The van der Waals surface area contributed by atoms with E-state index < -0.39 is 6.09 Å². The molecule has 0 bridgehead atoms. The Kier molecular flexibility index (Phi) is 2.75. The number of hydrogen-bond donors (Lipinski definition) is 1. The third kappa shape index (κ3) is 1.78. The van der Waals surface area contributed by atoms with Gasteiger partial charge in [-0.15, -0.1) is 0 Å². The smallest absolute Gasteiger partial charge is 0.407 e. The molecule has 18 heavy (non-hydrogen) atoms. The summed E-state index contributed by atoms with van der Waals surface area (Å²) in [5.41, 5.74) is 1.55. The molecular weight excluding hydrogens is 321 g/mol. The zero-order valence-electron chi connectivity index (χ0n) is 9.24. The Balaban J connectivity index is 2.18. The molecule has 1 aromatic heterocycles. The van der Waals surface area contributed by atoms with Gasteiger partial charge in [0.25, 0.3) is 0 Å². The molecular formula is C12H9BrClNO3. The molecule has 1 aliphatic rings. The molecule has 1 N–H and O–H groups in total. The van der Waals surface area contributed by atoms with Gasteiger partial charge >= 0.3 is 6.09 Å². The predicted molar refractivity (Wildman–Crippen MR) is 71.1 cm³/mol. The highest BCUT2D eigenvalue weighted by atomic mass is 79.9. The van der Waals surface area contributed by atoms with Crippen LogP contribution in [0.4, 0.5) is 4.79 Å². The molecule has 6 heteroatoms. The fourth-order valence-electron chi connectivity index (χ4n) is 2.27. The topological polar surface area (TPSA) is 53.7 Å². The predicted octanol–water partition coefficient (Wildman–Crippen LogP) is 3.88. The van der Waals surface area contributed by atoms with Crippen molar-refractivity contribution in [2.24, 2.45) is 0 Å². The first-order valence-corrected chi connectivity index (χ1v) is 6.60. The van der Waals surface area contributed by atoms with Crippen LogP contribution < -0.4 is 0 Å². The highest BCUT2D eigenvalue weighted by molar-refractivity contribution is 9.10. The minimum absolute atomic E-state index is 0.352. The van der Waals surface area contributed by atoms with Gasteiger partial charge in [0.05, 0.1) is 11.6 Å². The van der Waals surface area contributed by atoms with E-state index in [0.717, 1.165) is 21.2 Å². The normalized spacial score (nSPS) is 14.9. The summed E-state index contributed by atoms with van der Waals surface area (Å²) in [7, 11) is 0. The summed E-state index contributed by atoms with van der Waals surface area (Å²) in [5, 5.41) is 10.5. The average Bonchev–Trinajstić information content (AvgIpc) is 2.67. The SMILES string of the molecule is O=C(O)N1CCc2oc3c(Cl)cc(Br)cc3c2C1. The lowest BCUT2D eigenvalue weighted by molar-refractivity contribution is 0.138. The van der Waals surface area contributed by atoms with E-state index in [-0.39, 0.29) is 0 Å². The van der Waals surface area contributed by atoms with Gasteiger partial charge in [-0.3, -0.25) is 0 Å². The van der Waals surface area contributed by atoms with Crippen LogP contribution in [0.3, 0.4) is 0 Å². The number of furan rings is 1. The summed E-state index contributed by atoms with van der Waals surface area (Å²) >= 11 is 9.51. The van der Waals surface area contributed by atoms with Crippen LogP contribution in [0.5, 0.6) is 0 Å². The van der Waals surface area contributed by atoms with Crippen LogP contribution in [0.2, 0.25) is 5.02 Å². The first-order chi connectivity index (χ1) is 8.56. The largest absolute Gasteiger partial charge is 0.465 e. The summed E-state index contributed by atoms with van der Waals surface area (Å²) in [4.78, 5) is 12.4. The molecule has 94 valence electrons. The highest BCUT2D eigenvalue weighted by Crippen LogP contribution is 2.36. The minimum Gasteiger partial charge on any atom is -0.465 e. The van der Waals surface area contributed by atoms with Gasteiger partial charge in [-0.2, -0.15) is 0 Å². The van der Waals surface area contributed by atoms with Crippen molar-refractivity contribution in [2.75, 3.05) is 6.54 Å². The molecule has 0 unspecified atom stereocenters. The van der Waals surface area contributed by atoms with Crippen molar-refractivity contribution in [1.29, 1.82) is 0 Å². The van der Waals surface area contributed by atoms with Crippen molar-refractivity contribution >= 4 is 44.6 Å². The van der Waals surface area contributed by atoms with Crippen LogP contribution >= 0.6 is 27.5 Å². The van der Waals surface area contributed by atoms with Gasteiger partial charge < -0.3 is 14.4 Å². The Bertz CT molecular complexity index is 652. The van der Waals surface area contributed by atoms with Crippen LogP contribution in [0.15, 0.2) is 21.0 Å². The molecule has 0 saturated heterocycles. The quantitative estimate of drug-likeness (QED) is 0.797. The lowest BCUT2D eigenvalue weighted by Crippen LogP contribution is -2.34. The van der Waals surface area contributed by atoms with Gasteiger partial charge in [0.15, 0.2) is 5.58 Å². The Hall–Kier alpha value is -1.20. The highest BCUT2D eigenvalue weighted by Gasteiger charge is 2.26. The van der Waals surface area contributed by atoms with E-state index in [1.54, 1.807) is 6.07 Å². The minimum atomic E-state index is -0.906. The van der Waals surface area contributed by atoms with Crippen LogP contribution in [-0.2, 0) is 13.0 Å². The molecule has 3 rings (SSSR count). The van der Waals surface area contributed by atoms with Gasteiger partial charge in [-0.05, 0) is 12.1 Å². The van der Waals surface area contributed by atoms with Gasteiger partial charge in [0.1, 0.15) is 5.76 Å². The molecule has 1 aromatic carbocycles. The number of rotatable bonds is 0. The Labute approximate surface area is 116 Å². The van der Waals surface area contributed by atoms with Crippen LogP contribution in [0, 0.1) is 0 Å². The molecule has 0 radical (unpaired) electrons. The zero-order chi connectivity index (χ0) is 12.9. The summed E-state index contributed by atoms with van der Waals surface area (Å²) < 4.78 is 6.59. The second-order valence-electron chi connectivity index (χ2n) is 4.22. The number of carbonyl (C=O) groups is 1. The van der Waals surface area contributed by atoms with Crippen molar-refractivity contribution in [2.45, 2.75) is 13.0 Å². The van der Waals surface area contributed by atoms with E-state index in [0.29, 0.717) is 30.1 Å². The Morgan fingerprint density at radius 3 is 3.00 bits per heavy atom. The second kappa shape index (κ2) is 4.17. The summed E-state index contributed by atoms with van der Waals surface area (Å²) in [6.45, 7) is 0.811. The Morgan fingerprint density at radius 2 is 2.28 bits per heavy atom. The molecule has 2 aromatic rings. The second-order valence-corrected chi connectivity index (χ2v) is 5.55. The maximum Gasteiger partial charge on any atom is 0.407 e. The summed E-state index contributed by atoms with van der Waals surface area (Å²) in [6.07, 6.45) is -0.319. The van der Waals surface area contributed by atoms with E-state index >= 15 is 0 Å². The molecule has 0 aliphatic carbocycles. The zero-order valence-corrected chi connectivity index (χ0v) is 11.6. The van der Waals surface area contributed by atoms with Crippen LogP contribution in [0.25, 0.3) is 11.0 Å². The lowest BCUT2D eigenvalue weighted by Gasteiger charge is -2.23. The molecule has 4 nitrogen and oxygen atoms in total. The molecule has 0 saturated carbocycles. The first-order valence-electron chi connectivity index (χ1n) is 5.43. The Morgan fingerprint density at radius 1 is 1.50 bits per heavy atom. The molecule has 0 atom stereocenters. The van der Waals surface area contributed by atoms with Gasteiger partial charge in [0.2, 0.25) is 0 Å². The fraction of sp³-hybridized carbons (Fsp3) is 0.250. The van der Waals surface area contributed by atoms with E-state index in [2.05, 4.69) is 15.9 Å². The fourth-order valence-corrected chi connectivity index (χ4v) is 3.12. The van der Waals surface area contributed by atoms with E-state index in [1.165, 1.54) is 4.90 Å². The van der Waals surface area contributed by atoms with Crippen molar-refractivity contribution in [1.82, 2.24) is 4.90 Å². The van der Waals surface area contributed by atoms with Crippen LogP contribution in [0.1, 0.15) is 11.3 Å². The monoisotopic (exact) mass is 329 g/mol. The van der Waals surface area contributed by atoms with E-state index in [9.17, 15) is 4.79 Å². The third-order valence-corrected chi connectivity index (χ3v) is 3.86. The number of halogens is 2. The van der Waals surface area contributed by atoms with Gasteiger partial charge in [-0.1, -0.05) is 27.5 Å². The van der Waals surface area contributed by atoms with Crippen molar-refractivity contribution in [3.8, 4) is 0 Å². The number of amides is 1. The standard InChI is InChI=1S/C12H9BrClNO3/c13-6-3-7-8-5-15(12(16)17)2-1-10(8)18-11(7)9(14)4-6/h3-4H,1-2,5H2,(H,16,17). The van der Waals surface area contributed by atoms with Crippen molar-refractivity contribution in [3.63, 3.8) is 0 Å². The number of nitrogens with zero attached hydrogens (tertiary/aromatic N) is 1. The molecule has 0 spiro atoms. The van der Waals surface area contributed by atoms with Crippen molar-refractivity contribution in [3.05, 3.63) is 33.0 Å². The maximum atomic E-state index is 11.0. The van der Waals surface area contributed by atoms with Crippen molar-refractivity contribution < 1.29 is 14.3 Å². The molecule has 0 fully saturated rings. The van der Waals surface area contributed by atoms with Gasteiger partial charge in [0, 0.05) is 28.4 Å². The van der Waals surface area contributed by atoms with E-state index in [1.807, 2.05) is 6.07 Å². The summed E-state index contributed by atoms with van der Waals surface area (Å²) in [5.74, 6) is 0.836. The number of benzene rings is 1. The van der Waals surface area contributed by atoms with Crippen LogP contribution in [-0.4, -0.2) is 22.6 Å². The van der Waals surface area contributed by atoms with E-state index in [4.69, 9.17) is 21.1 Å². The third-order valence-electron chi connectivity index (χ3n) is 3.12. The number of carboxylic acid groups (broad SMARTS) is 1. The summed E-state index contributed by atoms with van der Waals surface area (Å²) in [6, 6.07) is 3.68. The number of fused-ring (bicyclic) bond motifs is 3. The lowest BCUT2D eigenvalue weighted by atomic mass is 10.1. The molecule has 2 heterocycles. The average molecular weight is 331 g/mol. The number of hydrogen-bond acceptors (Lipinski definition) is 2. The maximum absolute atomic E-state index is 11.0. The van der Waals surface area contributed by atoms with Gasteiger partial charge in [-0.25, -0.2) is 4.79 Å².